The van der Waals surface area contributed by atoms with E-state index in [-0.39, 0.29) is 29.8 Å². The van der Waals surface area contributed by atoms with Crippen molar-refractivity contribution >= 4 is 28.5 Å². The Morgan fingerprint density at radius 1 is 1.08 bits per heavy atom. The smallest absolute Gasteiger partial charge is 0.378 e. The van der Waals surface area contributed by atoms with Crippen molar-refractivity contribution < 1.29 is 31.1 Å². The maximum absolute atomic E-state index is 14.6. The summed E-state index contributed by atoms with van der Waals surface area (Å²) in [6.07, 6.45) is -4.43. The number of hydrogen-bond donors (Lipinski definition) is 2. The van der Waals surface area contributed by atoms with Gasteiger partial charge in [-0.3, -0.25) is 13.7 Å². The number of amides is 1. The number of halogens is 4. The summed E-state index contributed by atoms with van der Waals surface area (Å²) in [5.41, 5.74) is 6.53. The van der Waals surface area contributed by atoms with Gasteiger partial charge in [0, 0.05) is 32.4 Å². The second-order valence-corrected chi connectivity index (χ2v) is 9.59. The first-order valence-electron chi connectivity index (χ1n) is 11.1. The van der Waals surface area contributed by atoms with Crippen LogP contribution in [0, 0.1) is 5.82 Å². The molecule has 7 nitrogen and oxygen atoms in total. The van der Waals surface area contributed by atoms with Gasteiger partial charge in [-0.25, -0.2) is 13.6 Å². The molecule has 0 aliphatic rings. The van der Waals surface area contributed by atoms with Crippen molar-refractivity contribution in [3.63, 3.8) is 0 Å². The van der Waals surface area contributed by atoms with Gasteiger partial charge in [-0.05, 0) is 54.3 Å². The van der Waals surface area contributed by atoms with Crippen molar-refractivity contribution in [1.29, 1.82) is 0 Å². The lowest BCUT2D eigenvalue weighted by Gasteiger charge is -2.19. The zero-order valence-corrected chi connectivity index (χ0v) is 21.1. The van der Waals surface area contributed by atoms with Crippen LogP contribution < -0.4 is 14.9 Å². The van der Waals surface area contributed by atoms with Crippen LogP contribution in [-0.2, 0) is 28.7 Å². The predicted molar refractivity (Wildman–Crippen MR) is 135 cm³/mol. The van der Waals surface area contributed by atoms with E-state index >= 15 is 0 Å². The quantitative estimate of drug-likeness (QED) is 0.303. The van der Waals surface area contributed by atoms with Gasteiger partial charge in [-0.15, -0.1) is 0 Å². The molecule has 2 atom stereocenters. The van der Waals surface area contributed by atoms with E-state index < -0.39 is 40.8 Å². The summed E-state index contributed by atoms with van der Waals surface area (Å²) in [4.78, 5) is 18.0. The zero-order valence-electron chi connectivity index (χ0n) is 20.3. The highest BCUT2D eigenvalue weighted by atomic mass is 32.2. The van der Waals surface area contributed by atoms with Gasteiger partial charge >= 0.3 is 6.18 Å². The molecule has 3 rings (SSSR count). The monoisotopic (exact) mass is 538 g/mol. The molecular formula is C25H26F4N4O3S. The Hall–Kier alpha value is -3.51. The molecule has 0 saturated carbocycles. The first kappa shape index (κ1) is 28.1. The Bertz CT molecular complexity index is 1300. The Balaban J connectivity index is 1.95. The van der Waals surface area contributed by atoms with Gasteiger partial charge in [0.05, 0.1) is 17.3 Å². The van der Waals surface area contributed by atoms with Crippen molar-refractivity contribution in [1.82, 2.24) is 4.98 Å². The maximum atomic E-state index is 14.6. The van der Waals surface area contributed by atoms with Crippen LogP contribution in [0.5, 0.6) is 0 Å². The summed E-state index contributed by atoms with van der Waals surface area (Å²) in [7, 11) is 4.90. The van der Waals surface area contributed by atoms with Gasteiger partial charge in [0.15, 0.2) is 0 Å². The third-order valence-electron chi connectivity index (χ3n) is 5.92. The summed E-state index contributed by atoms with van der Waals surface area (Å²) < 4.78 is 76.1. The number of nitrogens with two attached hydrogens (primary N) is 1. The second kappa shape index (κ2) is 11.3. The number of benzene rings is 2. The van der Waals surface area contributed by atoms with E-state index in [4.69, 9.17) is 5.73 Å². The standard InChI is InChI=1S/C25H26F4N4O3S/c1-32(2)18-9-4-15(5-10-18)23-16(8-13-22(31-23)25(27,28)29)6-11-19(24(30)34)17-7-12-21(20(26)14-17)33(3)37(35)36/h4-5,7-10,12-14,19H,6,11H2,1-3H3,(H2,30,34)(H,35,36). The lowest BCUT2D eigenvalue weighted by atomic mass is 9.90. The first-order valence-corrected chi connectivity index (χ1v) is 12.1. The third kappa shape index (κ3) is 6.63. The molecule has 1 heterocycles. The Morgan fingerprint density at radius 3 is 2.24 bits per heavy atom. The summed E-state index contributed by atoms with van der Waals surface area (Å²) in [6, 6.07) is 12.8. The van der Waals surface area contributed by atoms with Gasteiger partial charge < -0.3 is 10.6 Å². The number of aryl methyl sites for hydroxylation is 1. The number of alkyl halides is 3. The topological polar surface area (TPSA) is 99.8 Å². The zero-order chi connectivity index (χ0) is 27.5. The number of hydrogen-bond acceptors (Lipinski definition) is 4. The van der Waals surface area contributed by atoms with E-state index in [1.807, 2.05) is 19.0 Å². The van der Waals surface area contributed by atoms with Gasteiger partial charge in [-0.2, -0.15) is 13.2 Å². The Morgan fingerprint density at radius 2 is 1.73 bits per heavy atom. The fraction of sp³-hybridized carbons (Fsp3) is 0.280. The molecular weight excluding hydrogens is 512 g/mol. The minimum absolute atomic E-state index is 0.0751. The molecule has 2 aromatic carbocycles. The molecule has 1 aromatic heterocycles. The van der Waals surface area contributed by atoms with Crippen LogP contribution >= 0.6 is 0 Å². The minimum Gasteiger partial charge on any atom is -0.378 e. The van der Waals surface area contributed by atoms with Crippen LogP contribution in [0.1, 0.15) is 29.2 Å². The van der Waals surface area contributed by atoms with Crippen molar-refractivity contribution in [3.05, 3.63) is 77.2 Å². The molecule has 0 bridgehead atoms. The fourth-order valence-corrected chi connectivity index (χ4v) is 4.18. The Kier molecular flexibility index (Phi) is 8.54. The van der Waals surface area contributed by atoms with Crippen molar-refractivity contribution in [2.24, 2.45) is 5.73 Å². The second-order valence-electron chi connectivity index (χ2n) is 8.58. The molecule has 198 valence electrons. The summed E-state index contributed by atoms with van der Waals surface area (Å²) in [6.45, 7) is 0. The number of carbonyl (C=O) groups is 1. The molecule has 0 saturated heterocycles. The average Bonchev–Trinajstić information content (AvgIpc) is 2.83. The van der Waals surface area contributed by atoms with Crippen LogP contribution in [0.4, 0.5) is 28.9 Å². The first-order chi connectivity index (χ1) is 17.3. The number of carbonyl (C=O) groups excluding carboxylic acids is 1. The SMILES string of the molecule is CN(C)c1ccc(-c2nc(C(F)(F)F)ccc2CCC(C(N)=O)c2ccc(N(C)S(=O)O)c(F)c2)cc1. The average molecular weight is 539 g/mol. The highest BCUT2D eigenvalue weighted by molar-refractivity contribution is 7.80. The molecule has 12 heteroatoms. The van der Waals surface area contributed by atoms with Gasteiger partial charge in [0.1, 0.15) is 11.5 Å². The number of pyridine rings is 1. The van der Waals surface area contributed by atoms with E-state index in [1.165, 1.54) is 25.2 Å². The minimum atomic E-state index is -4.64. The van der Waals surface area contributed by atoms with E-state index in [0.29, 0.717) is 11.1 Å². The number of nitrogens with zero attached hydrogens (tertiary/aromatic N) is 3. The van der Waals surface area contributed by atoms with Crippen LogP contribution in [0.15, 0.2) is 54.6 Å². The summed E-state index contributed by atoms with van der Waals surface area (Å²) >= 11 is -2.45. The molecule has 0 aliphatic carbocycles. The molecule has 0 radical (unpaired) electrons. The molecule has 1 amide bonds. The van der Waals surface area contributed by atoms with E-state index in [2.05, 4.69) is 4.98 Å². The molecule has 3 N–H and O–H groups in total. The number of rotatable bonds is 9. The van der Waals surface area contributed by atoms with Gasteiger partial charge in [0.2, 0.25) is 5.91 Å². The number of anilines is 2. The van der Waals surface area contributed by atoms with E-state index in [0.717, 1.165) is 22.1 Å². The molecule has 3 aromatic rings. The number of primary amides is 1. The summed E-state index contributed by atoms with van der Waals surface area (Å²) in [5.74, 6) is -2.53. The fourth-order valence-electron chi connectivity index (χ4n) is 3.87. The maximum Gasteiger partial charge on any atom is 0.433 e. The number of aromatic nitrogens is 1. The largest absolute Gasteiger partial charge is 0.433 e. The van der Waals surface area contributed by atoms with Crippen LogP contribution in [0.2, 0.25) is 0 Å². The lowest BCUT2D eigenvalue weighted by Crippen LogP contribution is -2.23. The third-order valence-corrected chi connectivity index (χ3v) is 6.59. The molecule has 37 heavy (non-hydrogen) atoms. The van der Waals surface area contributed by atoms with Crippen LogP contribution in [0.3, 0.4) is 0 Å². The normalized spacial score (nSPS) is 13.2. The molecule has 0 spiro atoms. The lowest BCUT2D eigenvalue weighted by molar-refractivity contribution is -0.141. The predicted octanol–water partition coefficient (Wildman–Crippen LogP) is 4.75. The van der Waals surface area contributed by atoms with Crippen molar-refractivity contribution in [2.45, 2.75) is 24.9 Å². The highest BCUT2D eigenvalue weighted by Crippen LogP contribution is 2.34. The van der Waals surface area contributed by atoms with Crippen molar-refractivity contribution in [2.75, 3.05) is 30.3 Å². The van der Waals surface area contributed by atoms with Gasteiger partial charge in [-0.1, -0.05) is 24.3 Å². The molecule has 0 aliphatic heterocycles. The highest BCUT2D eigenvalue weighted by Gasteiger charge is 2.33. The summed E-state index contributed by atoms with van der Waals surface area (Å²) in [5, 5.41) is 0. The Labute approximate surface area is 214 Å². The van der Waals surface area contributed by atoms with Crippen LogP contribution in [-0.4, -0.2) is 40.8 Å². The van der Waals surface area contributed by atoms with E-state index in [1.54, 1.807) is 24.3 Å². The van der Waals surface area contributed by atoms with E-state index in [9.17, 15) is 31.1 Å². The van der Waals surface area contributed by atoms with Gasteiger partial charge in [0.25, 0.3) is 11.3 Å². The van der Waals surface area contributed by atoms with Crippen LogP contribution in [0.25, 0.3) is 11.3 Å². The molecule has 0 fully saturated rings. The molecule has 2 unspecified atom stereocenters. The van der Waals surface area contributed by atoms with Crippen molar-refractivity contribution in [3.8, 4) is 11.3 Å².